The molecule has 0 aromatic carbocycles. The van der Waals surface area contributed by atoms with Gasteiger partial charge in [0.1, 0.15) is 0 Å². The minimum Gasteiger partial charge on any atom is -0.0925 e. The first-order chi connectivity index (χ1) is 4.41. The van der Waals surface area contributed by atoms with Gasteiger partial charge in [0.2, 0.25) is 0 Å². The number of hydrogen-bond acceptors (Lipinski definition) is 0. The summed E-state index contributed by atoms with van der Waals surface area (Å²) in [6.45, 7) is 2.04. The van der Waals surface area contributed by atoms with Crippen LogP contribution >= 0.6 is 15.9 Å². The summed E-state index contributed by atoms with van der Waals surface area (Å²) < 4.78 is 0. The molecule has 0 fully saturated rings. The molecule has 0 atom stereocenters. The van der Waals surface area contributed by atoms with E-state index >= 15 is 0 Å². The van der Waals surface area contributed by atoms with E-state index in [4.69, 9.17) is 0 Å². The number of allylic oxidation sites excluding steroid dienone is 4. The van der Waals surface area contributed by atoms with Crippen molar-refractivity contribution in [3.05, 3.63) is 24.3 Å². The van der Waals surface area contributed by atoms with E-state index in [-0.39, 0.29) is 0 Å². The van der Waals surface area contributed by atoms with Crippen LogP contribution in [0.3, 0.4) is 0 Å². The van der Waals surface area contributed by atoms with Crippen LogP contribution in [-0.2, 0) is 0 Å². The molecule has 0 aromatic heterocycles. The maximum absolute atomic E-state index is 3.35. The molecule has 0 rings (SSSR count). The van der Waals surface area contributed by atoms with Gasteiger partial charge in [0, 0.05) is 5.33 Å². The summed E-state index contributed by atoms with van der Waals surface area (Å²) in [6, 6.07) is 0. The predicted molar refractivity (Wildman–Crippen MR) is 47.0 cm³/mol. The standard InChI is InChI=1S/C8H13Br/c1-2-3-4-5-6-7-8-9/h2-3,5-6H,4,7-8H2,1H3. The van der Waals surface area contributed by atoms with E-state index in [0.717, 1.165) is 18.2 Å². The van der Waals surface area contributed by atoms with Gasteiger partial charge in [-0.25, -0.2) is 0 Å². The number of alkyl halides is 1. The summed E-state index contributed by atoms with van der Waals surface area (Å²) in [5.74, 6) is 0. The molecule has 0 saturated heterocycles. The normalized spacial score (nSPS) is 11.8. The highest BCUT2D eigenvalue weighted by Gasteiger charge is 1.71. The van der Waals surface area contributed by atoms with Crippen molar-refractivity contribution in [2.45, 2.75) is 19.8 Å². The number of rotatable bonds is 4. The zero-order chi connectivity index (χ0) is 6.95. The molecule has 0 N–H and O–H groups in total. The smallest absolute Gasteiger partial charge is 0.00659 e. The minimum atomic E-state index is 1.07. The lowest BCUT2D eigenvalue weighted by molar-refractivity contribution is 1.23. The van der Waals surface area contributed by atoms with Crippen LogP contribution in [0.4, 0.5) is 0 Å². The van der Waals surface area contributed by atoms with E-state index in [1.165, 1.54) is 0 Å². The van der Waals surface area contributed by atoms with E-state index in [9.17, 15) is 0 Å². The fourth-order valence-electron chi connectivity index (χ4n) is 0.492. The molecule has 0 heterocycles. The third-order valence-electron chi connectivity index (χ3n) is 0.950. The molecule has 0 amide bonds. The van der Waals surface area contributed by atoms with Crippen molar-refractivity contribution in [1.82, 2.24) is 0 Å². The first kappa shape index (κ1) is 8.96. The molecular formula is C8H13Br. The zero-order valence-corrected chi connectivity index (χ0v) is 7.39. The van der Waals surface area contributed by atoms with E-state index in [0.29, 0.717) is 0 Å². The molecule has 9 heavy (non-hydrogen) atoms. The summed E-state index contributed by atoms with van der Waals surface area (Å²) in [7, 11) is 0. The van der Waals surface area contributed by atoms with Gasteiger partial charge in [-0.3, -0.25) is 0 Å². The third kappa shape index (κ3) is 7.96. The molecule has 52 valence electrons. The largest absolute Gasteiger partial charge is 0.0925 e. The predicted octanol–water partition coefficient (Wildman–Crippen LogP) is 3.29. The van der Waals surface area contributed by atoms with E-state index in [1.807, 2.05) is 6.92 Å². The molecule has 0 unspecified atom stereocenters. The molecule has 0 spiro atoms. The second-order valence-electron chi connectivity index (χ2n) is 1.75. The Morgan fingerprint density at radius 2 is 2.00 bits per heavy atom. The topological polar surface area (TPSA) is 0 Å². The average molecular weight is 189 g/mol. The van der Waals surface area contributed by atoms with Crippen molar-refractivity contribution in [2.24, 2.45) is 0 Å². The highest BCUT2D eigenvalue weighted by Crippen LogP contribution is 1.91. The Morgan fingerprint density at radius 1 is 1.22 bits per heavy atom. The van der Waals surface area contributed by atoms with Gasteiger partial charge in [-0.15, -0.1) is 0 Å². The summed E-state index contributed by atoms with van der Waals surface area (Å²) in [6.07, 6.45) is 10.8. The Bertz CT molecular complexity index is 92.7. The Morgan fingerprint density at radius 3 is 2.56 bits per heavy atom. The van der Waals surface area contributed by atoms with Crippen LogP contribution < -0.4 is 0 Å². The second kappa shape index (κ2) is 7.96. The van der Waals surface area contributed by atoms with Crippen molar-refractivity contribution in [1.29, 1.82) is 0 Å². The quantitative estimate of drug-likeness (QED) is 0.470. The Hall–Kier alpha value is -0.0400. The molecule has 1 heteroatoms. The van der Waals surface area contributed by atoms with Gasteiger partial charge in [0.15, 0.2) is 0 Å². The van der Waals surface area contributed by atoms with Crippen molar-refractivity contribution in [3.63, 3.8) is 0 Å². The molecule has 0 saturated carbocycles. The first-order valence-electron chi connectivity index (χ1n) is 3.24. The summed E-state index contributed by atoms with van der Waals surface area (Å²) >= 11 is 3.35. The fraction of sp³-hybridized carbons (Fsp3) is 0.500. The highest BCUT2D eigenvalue weighted by atomic mass is 79.9. The van der Waals surface area contributed by atoms with Crippen LogP contribution in [0.15, 0.2) is 24.3 Å². The van der Waals surface area contributed by atoms with Gasteiger partial charge in [-0.2, -0.15) is 0 Å². The lowest BCUT2D eigenvalue weighted by Gasteiger charge is -1.80. The fourth-order valence-corrected chi connectivity index (χ4v) is 0.756. The van der Waals surface area contributed by atoms with Gasteiger partial charge in [-0.05, 0) is 19.8 Å². The number of halogens is 1. The van der Waals surface area contributed by atoms with Crippen molar-refractivity contribution >= 4 is 15.9 Å². The van der Waals surface area contributed by atoms with Crippen LogP contribution in [0.5, 0.6) is 0 Å². The first-order valence-corrected chi connectivity index (χ1v) is 4.36. The van der Waals surface area contributed by atoms with Gasteiger partial charge in [0.05, 0.1) is 0 Å². The minimum absolute atomic E-state index is 1.07. The summed E-state index contributed by atoms with van der Waals surface area (Å²) in [5, 5.41) is 1.07. The van der Waals surface area contributed by atoms with Crippen molar-refractivity contribution in [3.8, 4) is 0 Å². The molecule has 0 aliphatic heterocycles. The maximum atomic E-state index is 3.35. The molecule has 0 aromatic rings. The van der Waals surface area contributed by atoms with Crippen molar-refractivity contribution < 1.29 is 0 Å². The molecule has 0 aliphatic carbocycles. The lowest BCUT2D eigenvalue weighted by atomic mass is 10.3. The van der Waals surface area contributed by atoms with Crippen LogP contribution in [0.1, 0.15) is 19.8 Å². The van der Waals surface area contributed by atoms with Gasteiger partial charge in [0.25, 0.3) is 0 Å². The molecule has 0 bridgehead atoms. The van der Waals surface area contributed by atoms with Crippen LogP contribution in [0.2, 0.25) is 0 Å². The van der Waals surface area contributed by atoms with Crippen molar-refractivity contribution in [2.75, 3.05) is 5.33 Å². The van der Waals surface area contributed by atoms with Crippen LogP contribution in [0.25, 0.3) is 0 Å². The van der Waals surface area contributed by atoms with E-state index in [2.05, 4.69) is 40.2 Å². The van der Waals surface area contributed by atoms with Gasteiger partial charge < -0.3 is 0 Å². The summed E-state index contributed by atoms with van der Waals surface area (Å²) in [4.78, 5) is 0. The molecular weight excluding hydrogens is 176 g/mol. The molecule has 0 radical (unpaired) electrons. The SMILES string of the molecule is CC=CCC=CCCBr. The van der Waals surface area contributed by atoms with E-state index in [1.54, 1.807) is 0 Å². The Labute approximate surface area is 65.8 Å². The van der Waals surface area contributed by atoms with Gasteiger partial charge in [-0.1, -0.05) is 40.2 Å². The molecule has 0 aliphatic rings. The Kier molecular flexibility index (Phi) is 7.92. The monoisotopic (exact) mass is 188 g/mol. The molecule has 0 nitrogen and oxygen atoms in total. The second-order valence-corrected chi connectivity index (χ2v) is 2.55. The average Bonchev–Trinajstić information content (AvgIpc) is 1.89. The Balaban J connectivity index is 3.04. The zero-order valence-electron chi connectivity index (χ0n) is 5.81. The van der Waals surface area contributed by atoms with Gasteiger partial charge >= 0.3 is 0 Å². The maximum Gasteiger partial charge on any atom is 0.00659 e. The lowest BCUT2D eigenvalue weighted by Crippen LogP contribution is -1.64. The van der Waals surface area contributed by atoms with E-state index < -0.39 is 0 Å². The summed E-state index contributed by atoms with van der Waals surface area (Å²) in [5.41, 5.74) is 0. The highest BCUT2D eigenvalue weighted by molar-refractivity contribution is 9.09. The third-order valence-corrected chi connectivity index (χ3v) is 1.41. The van der Waals surface area contributed by atoms with Crippen LogP contribution in [0, 0.1) is 0 Å². The number of hydrogen-bond donors (Lipinski definition) is 0. The van der Waals surface area contributed by atoms with Crippen LogP contribution in [-0.4, -0.2) is 5.33 Å².